The number of rotatable bonds is 0. The van der Waals surface area contributed by atoms with Gasteiger partial charge in [0.25, 0.3) is 0 Å². The fraction of sp³-hybridized carbons (Fsp3) is 0.963. The molecule has 0 aromatic rings. The maximum Gasteiger partial charge on any atom is 0.171 e. The van der Waals surface area contributed by atoms with Gasteiger partial charge in [0.2, 0.25) is 0 Å². The van der Waals surface area contributed by atoms with Gasteiger partial charge < -0.3 is 19.7 Å². The summed E-state index contributed by atoms with van der Waals surface area (Å²) in [6.07, 6.45) is 6.12. The molecule has 2 aliphatic heterocycles. The largest absolute Gasteiger partial charge is 0.390 e. The van der Waals surface area contributed by atoms with Crippen LogP contribution in [-0.2, 0) is 14.3 Å². The molecule has 32 heavy (non-hydrogen) atoms. The van der Waals surface area contributed by atoms with Gasteiger partial charge in [-0.05, 0) is 73.5 Å². The molecule has 0 bridgehead atoms. The third-order valence-corrected chi connectivity index (χ3v) is 11.8. The molecule has 0 aromatic heterocycles. The maximum atomic E-state index is 14.0. The number of aliphatic hydroxyl groups excluding tert-OH is 2. The number of hydrogen-bond acceptors (Lipinski definition) is 5. The van der Waals surface area contributed by atoms with Crippen molar-refractivity contribution in [2.24, 2.45) is 52.3 Å². The Hall–Kier alpha value is -0.490. The normalized spacial score (nSPS) is 61.8. The van der Waals surface area contributed by atoms with Crippen molar-refractivity contribution in [3.8, 4) is 0 Å². The van der Waals surface area contributed by atoms with E-state index in [0.29, 0.717) is 54.6 Å². The molecule has 0 amide bonds. The van der Waals surface area contributed by atoms with Crippen LogP contribution in [0.3, 0.4) is 0 Å². The monoisotopic (exact) mass is 446 g/mol. The summed E-state index contributed by atoms with van der Waals surface area (Å²) >= 11 is 0. The lowest BCUT2D eigenvalue weighted by Crippen LogP contribution is -2.59. The van der Waals surface area contributed by atoms with E-state index >= 15 is 0 Å². The predicted molar refractivity (Wildman–Crippen MR) is 120 cm³/mol. The van der Waals surface area contributed by atoms with Gasteiger partial charge in [-0.2, -0.15) is 0 Å². The molecule has 6 aliphatic rings. The molecule has 0 aromatic carbocycles. The fourth-order valence-electron chi connectivity index (χ4n) is 9.97. The molecule has 13 atom stereocenters. The zero-order chi connectivity index (χ0) is 22.6. The Kier molecular flexibility index (Phi) is 4.83. The smallest absolute Gasteiger partial charge is 0.171 e. The van der Waals surface area contributed by atoms with Crippen LogP contribution in [0.25, 0.3) is 0 Å². The molecule has 4 aliphatic carbocycles. The molecule has 1 spiro atoms. The number of Topliss-reactive ketones (excluding diaryl/α,β-unsaturated/α-hetero) is 1. The zero-order valence-electron chi connectivity index (χ0n) is 20.3. The van der Waals surface area contributed by atoms with Crippen LogP contribution in [0.4, 0.5) is 0 Å². The Morgan fingerprint density at radius 3 is 2.50 bits per heavy atom. The summed E-state index contributed by atoms with van der Waals surface area (Å²) < 4.78 is 13.2. The molecule has 2 heterocycles. The summed E-state index contributed by atoms with van der Waals surface area (Å²) in [5, 5.41) is 20.8. The number of ether oxygens (including phenoxy) is 2. The number of carbonyl (C=O) groups excluding carboxylic acids is 1. The van der Waals surface area contributed by atoms with Crippen molar-refractivity contribution < 1.29 is 24.5 Å². The van der Waals surface area contributed by atoms with Gasteiger partial charge >= 0.3 is 0 Å². The molecule has 6 rings (SSSR count). The minimum absolute atomic E-state index is 0.0490. The molecular formula is C27H42O5. The molecular weight excluding hydrogens is 404 g/mol. The van der Waals surface area contributed by atoms with E-state index in [1.807, 2.05) is 0 Å². The topological polar surface area (TPSA) is 76.0 Å². The van der Waals surface area contributed by atoms with Crippen molar-refractivity contribution in [1.29, 1.82) is 0 Å². The maximum absolute atomic E-state index is 14.0. The molecule has 5 nitrogen and oxygen atoms in total. The highest BCUT2D eigenvalue weighted by Gasteiger charge is 2.71. The van der Waals surface area contributed by atoms with Gasteiger partial charge in [0, 0.05) is 30.1 Å². The summed E-state index contributed by atoms with van der Waals surface area (Å²) in [6.45, 7) is 9.86. The van der Waals surface area contributed by atoms with Gasteiger partial charge in [0.05, 0.1) is 24.9 Å². The van der Waals surface area contributed by atoms with Crippen LogP contribution >= 0.6 is 0 Å². The van der Waals surface area contributed by atoms with E-state index in [1.54, 1.807) is 0 Å². The first-order valence-electron chi connectivity index (χ1n) is 13.3. The van der Waals surface area contributed by atoms with Gasteiger partial charge in [-0.3, -0.25) is 4.79 Å². The summed E-state index contributed by atoms with van der Waals surface area (Å²) in [4.78, 5) is 14.0. The number of aliphatic hydroxyl groups is 2. The summed E-state index contributed by atoms with van der Waals surface area (Å²) in [7, 11) is 0. The molecule has 6 fully saturated rings. The van der Waals surface area contributed by atoms with Gasteiger partial charge in [-0.15, -0.1) is 0 Å². The van der Waals surface area contributed by atoms with Gasteiger partial charge in [0.1, 0.15) is 5.78 Å². The Morgan fingerprint density at radius 1 is 1.00 bits per heavy atom. The Bertz CT molecular complexity index is 789. The van der Waals surface area contributed by atoms with E-state index < -0.39 is 18.0 Å². The summed E-state index contributed by atoms with van der Waals surface area (Å²) in [6, 6.07) is 0. The van der Waals surface area contributed by atoms with Crippen LogP contribution in [0.1, 0.15) is 79.1 Å². The lowest BCUT2D eigenvalue weighted by atomic mass is 9.43. The van der Waals surface area contributed by atoms with Gasteiger partial charge in [0.15, 0.2) is 5.79 Å². The zero-order valence-corrected chi connectivity index (χ0v) is 20.3. The number of carbonyl (C=O) groups is 1. The van der Waals surface area contributed by atoms with Gasteiger partial charge in [-0.25, -0.2) is 0 Å². The first-order chi connectivity index (χ1) is 15.1. The Balaban J connectivity index is 1.30. The van der Waals surface area contributed by atoms with Crippen LogP contribution in [0.2, 0.25) is 0 Å². The highest BCUT2D eigenvalue weighted by atomic mass is 16.7. The van der Waals surface area contributed by atoms with Crippen molar-refractivity contribution in [2.45, 2.75) is 103 Å². The summed E-state index contributed by atoms with van der Waals surface area (Å²) in [5.41, 5.74) is -0.371. The lowest BCUT2D eigenvalue weighted by molar-refractivity contribution is -0.272. The SMILES string of the molecule is C[C@@H]1CC[C@@]2(OC1)O[C@@H]1C[C@@H]3[C@@H]4CC[C@H]5C[C@H](O)[C@H](O)C[C@]5(C)[C@@H]4CC(=O)[C@]3(C)[C@@H]1[C@@H]2C. The van der Waals surface area contributed by atoms with E-state index in [-0.39, 0.29) is 28.8 Å². The van der Waals surface area contributed by atoms with Crippen LogP contribution in [0.5, 0.6) is 0 Å². The van der Waals surface area contributed by atoms with E-state index in [9.17, 15) is 15.0 Å². The van der Waals surface area contributed by atoms with Crippen molar-refractivity contribution in [3.05, 3.63) is 0 Å². The van der Waals surface area contributed by atoms with E-state index in [1.165, 1.54) is 0 Å². The number of fused-ring (bicyclic) bond motifs is 7. The van der Waals surface area contributed by atoms with Gasteiger partial charge in [-0.1, -0.05) is 27.7 Å². The second-order valence-corrected chi connectivity index (χ2v) is 13.1. The number of hydrogen-bond donors (Lipinski definition) is 2. The Labute approximate surface area is 192 Å². The molecule has 2 N–H and O–H groups in total. The predicted octanol–water partition coefficient (Wildman–Crippen LogP) is 3.94. The number of ketones is 1. The lowest BCUT2D eigenvalue weighted by Gasteiger charge is -2.61. The van der Waals surface area contributed by atoms with Crippen LogP contribution < -0.4 is 0 Å². The van der Waals surface area contributed by atoms with E-state index in [0.717, 1.165) is 38.7 Å². The van der Waals surface area contributed by atoms with E-state index in [4.69, 9.17) is 9.47 Å². The standard InChI is InChI=1S/C27H42O5/c1-14-7-8-27(31-13-14)15(2)24-22(32-27)10-19-17-6-5-16-9-20(28)21(29)12-25(16,3)18(17)11-23(30)26(19,24)4/h14-22,24,28-29H,5-13H2,1-4H3/t14-,15+,16+,17-,18-,19-,20+,21-,22-,24-,25+,26-,27-/m1/s1. The molecule has 4 saturated carbocycles. The third kappa shape index (κ3) is 2.69. The average Bonchev–Trinajstić information content (AvgIpc) is 3.19. The second kappa shape index (κ2) is 7.02. The van der Waals surface area contributed by atoms with E-state index in [2.05, 4.69) is 27.7 Å². The molecule has 180 valence electrons. The van der Waals surface area contributed by atoms with Crippen molar-refractivity contribution in [1.82, 2.24) is 0 Å². The average molecular weight is 447 g/mol. The minimum Gasteiger partial charge on any atom is -0.390 e. The van der Waals surface area contributed by atoms with Crippen molar-refractivity contribution >= 4 is 5.78 Å². The highest BCUT2D eigenvalue weighted by molar-refractivity contribution is 5.87. The minimum atomic E-state index is -0.657. The van der Waals surface area contributed by atoms with Crippen LogP contribution in [0, 0.1) is 52.3 Å². The molecule has 2 saturated heterocycles. The van der Waals surface area contributed by atoms with Crippen molar-refractivity contribution in [3.63, 3.8) is 0 Å². The first kappa shape index (κ1) is 22.0. The summed E-state index contributed by atoms with van der Waals surface area (Å²) in [5.74, 6) is 2.64. The van der Waals surface area contributed by atoms with Crippen LogP contribution in [-0.4, -0.2) is 46.7 Å². The quantitative estimate of drug-likeness (QED) is 0.589. The molecule has 0 radical (unpaired) electrons. The fourth-order valence-corrected chi connectivity index (χ4v) is 9.97. The second-order valence-electron chi connectivity index (χ2n) is 13.1. The third-order valence-electron chi connectivity index (χ3n) is 11.8. The Morgan fingerprint density at radius 2 is 1.78 bits per heavy atom. The first-order valence-corrected chi connectivity index (χ1v) is 13.3. The molecule has 0 unspecified atom stereocenters. The van der Waals surface area contributed by atoms with Crippen molar-refractivity contribution in [2.75, 3.05) is 6.61 Å². The van der Waals surface area contributed by atoms with Crippen LogP contribution in [0.15, 0.2) is 0 Å². The highest BCUT2D eigenvalue weighted by Crippen LogP contribution is 2.70. The molecule has 5 heteroatoms.